The van der Waals surface area contributed by atoms with Crippen LogP contribution in [-0.4, -0.2) is 47.3 Å². The topological polar surface area (TPSA) is 53.4 Å². The minimum Gasteiger partial charge on any atom is -0.466 e. The maximum Gasteiger partial charge on any atom is 0.346 e. The summed E-state index contributed by atoms with van der Waals surface area (Å²) >= 11 is 0. The third-order valence-corrected chi connectivity index (χ3v) is 6.48. The lowest BCUT2D eigenvalue weighted by Crippen LogP contribution is -2.62. The van der Waals surface area contributed by atoms with Gasteiger partial charge in [0.25, 0.3) is 0 Å². The monoisotopic (exact) mass is 378 g/mol. The van der Waals surface area contributed by atoms with Crippen molar-refractivity contribution >= 4 is 11.9 Å². The first-order chi connectivity index (χ1) is 13.2. The number of carbonyl (C=O) groups excluding carboxylic acids is 1. The fourth-order valence-electron chi connectivity index (χ4n) is 5.07. The second-order valence-corrected chi connectivity index (χ2v) is 8.88. The molecule has 1 saturated heterocycles. The number of esters is 1. The van der Waals surface area contributed by atoms with Crippen molar-refractivity contribution in [3.8, 4) is 0 Å². The molecule has 4 atom stereocenters. The molecule has 0 aromatic heterocycles. The lowest BCUT2D eigenvalue weighted by atomic mass is 9.99. The van der Waals surface area contributed by atoms with Gasteiger partial charge in [-0.15, -0.1) is 0 Å². The zero-order chi connectivity index (χ0) is 19.1. The molecule has 3 aliphatic rings. The summed E-state index contributed by atoms with van der Waals surface area (Å²) in [4.78, 5) is 11.8. The Hall–Kier alpha value is -1.26. The Labute approximate surface area is 165 Å². The van der Waals surface area contributed by atoms with E-state index >= 15 is 0 Å². The number of nitrogens with one attached hydrogen (secondary N) is 2. The van der Waals surface area contributed by atoms with E-state index in [0.717, 1.165) is 37.8 Å². The van der Waals surface area contributed by atoms with Crippen LogP contribution in [0.3, 0.4) is 0 Å². The molecule has 27 heavy (non-hydrogen) atoms. The molecule has 5 nitrogen and oxygen atoms in total. The quantitative estimate of drug-likeness (QED) is 0.327. The molecule has 0 aromatic carbocycles. The van der Waals surface area contributed by atoms with Crippen molar-refractivity contribution < 1.29 is 14.1 Å². The van der Waals surface area contributed by atoms with Crippen molar-refractivity contribution in [1.29, 1.82) is 0 Å². The van der Waals surface area contributed by atoms with E-state index in [-0.39, 0.29) is 5.97 Å². The van der Waals surface area contributed by atoms with Gasteiger partial charge in [0.1, 0.15) is 0 Å². The minimum absolute atomic E-state index is 0.00845. The predicted octanol–water partition coefficient (Wildman–Crippen LogP) is 3.70. The van der Waals surface area contributed by atoms with E-state index in [9.17, 15) is 4.79 Å². The Kier molecular flexibility index (Phi) is 7.83. The summed E-state index contributed by atoms with van der Waals surface area (Å²) in [6, 6.07) is 2.61. The number of hydrogen-bond acceptors (Lipinski definition) is 4. The summed E-state index contributed by atoms with van der Waals surface area (Å²) in [5.41, 5.74) is 0. The summed E-state index contributed by atoms with van der Waals surface area (Å²) in [6.07, 6.45) is 15.0. The highest BCUT2D eigenvalue weighted by Crippen LogP contribution is 2.31. The van der Waals surface area contributed by atoms with Crippen LogP contribution in [0.4, 0.5) is 0 Å². The van der Waals surface area contributed by atoms with Gasteiger partial charge in [0.15, 0.2) is 0 Å². The Morgan fingerprint density at radius 1 is 1.04 bits per heavy atom. The Morgan fingerprint density at radius 2 is 1.81 bits per heavy atom. The van der Waals surface area contributed by atoms with Crippen LogP contribution in [-0.2, 0) is 9.53 Å². The average Bonchev–Trinajstić information content (AvgIpc) is 3.04. The molecule has 2 N–H and O–H groups in total. The van der Waals surface area contributed by atoms with Crippen molar-refractivity contribution in [2.45, 2.75) is 121 Å². The van der Waals surface area contributed by atoms with Gasteiger partial charge in [-0.25, -0.2) is 0 Å². The first-order valence-electron chi connectivity index (χ1n) is 11.5. The lowest BCUT2D eigenvalue weighted by Gasteiger charge is -2.35. The number of ether oxygens (including phenoxy) is 1. The normalized spacial score (nSPS) is 29.1. The minimum atomic E-state index is -0.00845. The Morgan fingerprint density at radius 3 is 2.63 bits per heavy atom. The number of hydrogen-bond donors (Lipinski definition) is 2. The van der Waals surface area contributed by atoms with Gasteiger partial charge in [-0.05, 0) is 45.4 Å². The van der Waals surface area contributed by atoms with E-state index in [1.54, 1.807) is 0 Å². The predicted molar refractivity (Wildman–Crippen MR) is 109 cm³/mol. The van der Waals surface area contributed by atoms with Crippen molar-refractivity contribution in [2.75, 3.05) is 6.61 Å². The van der Waals surface area contributed by atoms with E-state index in [0.29, 0.717) is 25.1 Å². The van der Waals surface area contributed by atoms with E-state index < -0.39 is 0 Å². The fraction of sp³-hybridized carbons (Fsp3) is 0.909. The number of guanidine groups is 1. The number of carbonyl (C=O) groups is 1. The molecule has 5 heteroatoms. The summed E-state index contributed by atoms with van der Waals surface area (Å²) < 4.78 is 8.03. The van der Waals surface area contributed by atoms with Gasteiger partial charge in [-0.2, -0.15) is 0 Å². The van der Waals surface area contributed by atoms with Crippen LogP contribution < -0.4 is 10.6 Å². The van der Waals surface area contributed by atoms with E-state index in [2.05, 4.69) is 29.1 Å². The largest absolute Gasteiger partial charge is 0.466 e. The molecular weight excluding hydrogens is 338 g/mol. The van der Waals surface area contributed by atoms with Crippen LogP contribution in [0.2, 0.25) is 0 Å². The van der Waals surface area contributed by atoms with Crippen molar-refractivity contribution in [3.05, 3.63) is 0 Å². The first kappa shape index (κ1) is 20.5. The van der Waals surface area contributed by atoms with Crippen molar-refractivity contribution in [2.24, 2.45) is 0 Å². The van der Waals surface area contributed by atoms with Gasteiger partial charge in [0.2, 0.25) is 0 Å². The molecule has 1 fully saturated rings. The third-order valence-electron chi connectivity index (χ3n) is 6.48. The average molecular weight is 379 g/mol. The van der Waals surface area contributed by atoms with Gasteiger partial charge >= 0.3 is 11.9 Å². The second kappa shape index (κ2) is 10.3. The van der Waals surface area contributed by atoms with Crippen LogP contribution in [0.25, 0.3) is 0 Å². The summed E-state index contributed by atoms with van der Waals surface area (Å²) in [5.74, 6) is 1.28. The standard InChI is InChI=1S/C22H39N3O2/c1-3-4-5-6-7-11-21(26)27-14-9-8-10-18-16-20-13-12-19-15-17(2)23-22(24-18)25(19)20/h17-20H,3-16H2,1-2H3,(H,23,24)/p+1/t17-,18+,19+,20-/m1/s1. The molecule has 154 valence electrons. The van der Waals surface area contributed by atoms with Crippen molar-refractivity contribution in [3.63, 3.8) is 0 Å². The maximum atomic E-state index is 11.8. The smallest absolute Gasteiger partial charge is 0.346 e. The molecule has 0 unspecified atom stereocenters. The fourth-order valence-corrected chi connectivity index (χ4v) is 5.07. The Bertz CT molecular complexity index is 520. The van der Waals surface area contributed by atoms with Gasteiger partial charge in [0, 0.05) is 19.3 Å². The number of rotatable bonds is 11. The highest BCUT2D eigenvalue weighted by atomic mass is 16.5. The SMILES string of the molecule is CCCCCCCC(=O)OCCCC[C@H]1C[C@H]2CC[C@H]3C[C@@H](C)NC(=[N+]23)N1. The van der Waals surface area contributed by atoms with Gasteiger partial charge in [0.05, 0.1) is 30.8 Å². The molecular formula is C22H40N3O2+. The second-order valence-electron chi connectivity index (χ2n) is 8.88. The highest BCUT2D eigenvalue weighted by Gasteiger charge is 2.44. The Balaban J connectivity index is 1.27. The maximum absolute atomic E-state index is 11.8. The van der Waals surface area contributed by atoms with E-state index in [4.69, 9.17) is 4.74 Å². The molecule has 0 aromatic rings. The molecule has 3 heterocycles. The molecule has 0 amide bonds. The molecule has 0 aliphatic carbocycles. The molecule has 0 bridgehead atoms. The van der Waals surface area contributed by atoms with Crippen LogP contribution in [0.15, 0.2) is 0 Å². The molecule has 0 saturated carbocycles. The number of unbranched alkanes of at least 4 members (excludes halogenated alkanes) is 5. The van der Waals surface area contributed by atoms with Crippen LogP contribution in [0.1, 0.15) is 97.3 Å². The third kappa shape index (κ3) is 5.86. The van der Waals surface area contributed by atoms with Gasteiger partial charge in [-0.3, -0.25) is 20.0 Å². The molecule has 0 spiro atoms. The van der Waals surface area contributed by atoms with Crippen LogP contribution >= 0.6 is 0 Å². The summed E-state index contributed by atoms with van der Waals surface area (Å²) in [5, 5.41) is 7.41. The number of nitrogens with zero attached hydrogens (tertiary/aromatic N) is 1. The molecule has 3 rings (SSSR count). The van der Waals surface area contributed by atoms with Crippen molar-refractivity contribution in [1.82, 2.24) is 10.6 Å². The van der Waals surface area contributed by atoms with Gasteiger partial charge < -0.3 is 4.74 Å². The molecule has 3 aliphatic heterocycles. The summed E-state index contributed by atoms with van der Waals surface area (Å²) in [6.45, 7) is 5.09. The van der Waals surface area contributed by atoms with Gasteiger partial charge in [-0.1, -0.05) is 32.6 Å². The summed E-state index contributed by atoms with van der Waals surface area (Å²) in [7, 11) is 0. The first-order valence-corrected chi connectivity index (χ1v) is 11.5. The highest BCUT2D eigenvalue weighted by molar-refractivity contribution is 5.76. The lowest BCUT2D eigenvalue weighted by molar-refractivity contribution is -0.593. The van der Waals surface area contributed by atoms with E-state index in [1.807, 2.05) is 0 Å². The van der Waals surface area contributed by atoms with E-state index in [1.165, 1.54) is 57.3 Å². The molecule has 0 radical (unpaired) electrons. The zero-order valence-corrected chi connectivity index (χ0v) is 17.5. The van der Waals surface area contributed by atoms with Crippen LogP contribution in [0.5, 0.6) is 0 Å². The zero-order valence-electron chi connectivity index (χ0n) is 17.5. The van der Waals surface area contributed by atoms with Crippen LogP contribution in [0, 0.1) is 0 Å².